The Morgan fingerprint density at radius 3 is 1.84 bits per heavy atom. The highest BCUT2D eigenvalue weighted by Crippen LogP contribution is 2.18. The lowest BCUT2D eigenvalue weighted by molar-refractivity contribution is 0.768. The highest BCUT2D eigenvalue weighted by molar-refractivity contribution is 6.33. The van der Waals surface area contributed by atoms with Gasteiger partial charge in [0, 0.05) is 0 Å². The Balaban J connectivity index is 3.00. The summed E-state index contributed by atoms with van der Waals surface area (Å²) in [5.41, 5.74) is 21.2. The summed E-state index contributed by atoms with van der Waals surface area (Å²) in [5, 5.41) is 1.19. The molecule has 6 N–H and O–H groups in total. The summed E-state index contributed by atoms with van der Waals surface area (Å²) in [7, 11) is 3.73. The Morgan fingerprint density at radius 1 is 0.737 bits per heavy atom. The summed E-state index contributed by atoms with van der Waals surface area (Å²) < 4.78 is 0. The first-order valence-electron chi connectivity index (χ1n) is 7.20. The lowest BCUT2D eigenvalue weighted by atomic mass is 9.91. The molecule has 0 aliphatic carbocycles. The quantitative estimate of drug-likeness (QED) is 0.562. The maximum Gasteiger partial charge on any atom is 0.0715 e. The van der Waals surface area contributed by atoms with Crippen molar-refractivity contribution in [2.45, 2.75) is 38.5 Å². The molecule has 0 saturated heterocycles. The molecule has 105 valence electrons. The minimum absolute atomic E-state index is 0.731. The van der Waals surface area contributed by atoms with E-state index >= 15 is 0 Å². The SMILES string of the molecule is NCCCc1ccc([Si])c(CCCN)c1CCCN. The van der Waals surface area contributed by atoms with Crippen LogP contribution < -0.4 is 22.4 Å². The summed E-state index contributed by atoms with van der Waals surface area (Å²) in [4.78, 5) is 0. The fourth-order valence-electron chi connectivity index (χ4n) is 2.42. The van der Waals surface area contributed by atoms with Crippen LogP contribution in [0.3, 0.4) is 0 Å². The minimum Gasteiger partial charge on any atom is -0.330 e. The van der Waals surface area contributed by atoms with Gasteiger partial charge in [-0.15, -0.1) is 0 Å². The van der Waals surface area contributed by atoms with Crippen LogP contribution in [0.15, 0.2) is 12.1 Å². The van der Waals surface area contributed by atoms with Crippen LogP contribution in [0.2, 0.25) is 0 Å². The van der Waals surface area contributed by atoms with Crippen LogP contribution in [0.5, 0.6) is 0 Å². The molecule has 1 aromatic carbocycles. The molecule has 19 heavy (non-hydrogen) atoms. The molecule has 0 spiro atoms. The molecule has 3 radical (unpaired) electrons. The van der Waals surface area contributed by atoms with Gasteiger partial charge in [0.2, 0.25) is 0 Å². The number of aryl methyl sites for hydroxylation is 1. The second-order valence-corrected chi connectivity index (χ2v) is 5.44. The third-order valence-corrected chi connectivity index (χ3v) is 3.91. The van der Waals surface area contributed by atoms with Crippen LogP contribution in [-0.4, -0.2) is 29.9 Å². The van der Waals surface area contributed by atoms with Gasteiger partial charge in [0.15, 0.2) is 0 Å². The van der Waals surface area contributed by atoms with E-state index < -0.39 is 0 Å². The van der Waals surface area contributed by atoms with Gasteiger partial charge in [-0.1, -0.05) is 17.3 Å². The average molecular weight is 276 g/mol. The van der Waals surface area contributed by atoms with Crippen molar-refractivity contribution < 1.29 is 0 Å². The first kappa shape index (κ1) is 16.4. The maximum atomic E-state index is 5.66. The number of benzene rings is 1. The van der Waals surface area contributed by atoms with Crippen LogP contribution in [0.4, 0.5) is 0 Å². The molecule has 0 atom stereocenters. The van der Waals surface area contributed by atoms with E-state index in [0.29, 0.717) is 0 Å². The topological polar surface area (TPSA) is 78.1 Å². The van der Waals surface area contributed by atoms with Crippen LogP contribution in [0, 0.1) is 0 Å². The van der Waals surface area contributed by atoms with Crippen LogP contribution in [0.25, 0.3) is 0 Å². The van der Waals surface area contributed by atoms with Crippen LogP contribution >= 0.6 is 0 Å². The fraction of sp³-hybridized carbons (Fsp3) is 0.600. The van der Waals surface area contributed by atoms with E-state index in [9.17, 15) is 0 Å². The molecular formula is C15H26N3Si. The molecule has 0 saturated carbocycles. The molecule has 4 heteroatoms. The monoisotopic (exact) mass is 276 g/mol. The summed E-state index contributed by atoms with van der Waals surface area (Å²) in [6, 6.07) is 4.37. The minimum atomic E-state index is 0.731. The van der Waals surface area contributed by atoms with E-state index in [2.05, 4.69) is 22.4 Å². The van der Waals surface area contributed by atoms with Gasteiger partial charge in [0.05, 0.1) is 10.2 Å². The van der Waals surface area contributed by atoms with Gasteiger partial charge in [-0.05, 0) is 74.8 Å². The second-order valence-electron chi connectivity index (χ2n) is 4.91. The van der Waals surface area contributed by atoms with Crippen molar-refractivity contribution in [1.29, 1.82) is 0 Å². The van der Waals surface area contributed by atoms with Gasteiger partial charge in [-0.3, -0.25) is 0 Å². The Morgan fingerprint density at radius 2 is 1.26 bits per heavy atom. The van der Waals surface area contributed by atoms with Gasteiger partial charge >= 0.3 is 0 Å². The lowest BCUT2D eigenvalue weighted by Crippen LogP contribution is -2.18. The zero-order valence-electron chi connectivity index (χ0n) is 11.8. The Bertz CT molecular complexity index is 380. The van der Waals surface area contributed by atoms with Crippen molar-refractivity contribution in [2.75, 3.05) is 19.6 Å². The molecule has 1 aromatic rings. The molecule has 0 bridgehead atoms. The number of rotatable bonds is 9. The molecule has 0 heterocycles. The summed E-state index contributed by atoms with van der Waals surface area (Å²) in [5.74, 6) is 0. The van der Waals surface area contributed by atoms with Crippen LogP contribution in [-0.2, 0) is 19.3 Å². The zero-order chi connectivity index (χ0) is 14.1. The number of hydrogen-bond acceptors (Lipinski definition) is 3. The second kappa shape index (κ2) is 9.26. The summed E-state index contributed by atoms with van der Waals surface area (Å²) in [6.07, 6.45) is 6.22. The lowest BCUT2D eigenvalue weighted by Gasteiger charge is -2.17. The normalized spacial score (nSPS) is 10.9. The Kier molecular flexibility index (Phi) is 7.98. The van der Waals surface area contributed by atoms with Crippen molar-refractivity contribution >= 4 is 15.4 Å². The first-order chi connectivity index (χ1) is 9.24. The van der Waals surface area contributed by atoms with Gasteiger partial charge in [0.25, 0.3) is 0 Å². The van der Waals surface area contributed by atoms with E-state index in [0.717, 1.165) is 58.2 Å². The fourth-order valence-corrected chi connectivity index (χ4v) is 2.78. The van der Waals surface area contributed by atoms with E-state index in [1.165, 1.54) is 21.9 Å². The zero-order valence-corrected chi connectivity index (χ0v) is 12.8. The molecule has 0 fully saturated rings. The summed E-state index contributed by atoms with van der Waals surface area (Å²) >= 11 is 0. The molecule has 0 amide bonds. The molecule has 0 unspecified atom stereocenters. The molecule has 0 aliphatic rings. The van der Waals surface area contributed by atoms with Gasteiger partial charge < -0.3 is 17.2 Å². The van der Waals surface area contributed by atoms with Crippen LogP contribution in [0.1, 0.15) is 36.0 Å². The smallest absolute Gasteiger partial charge is 0.0715 e. The largest absolute Gasteiger partial charge is 0.330 e. The molecule has 0 aliphatic heterocycles. The highest BCUT2D eigenvalue weighted by atomic mass is 28.1. The number of nitrogens with two attached hydrogens (primary N) is 3. The van der Waals surface area contributed by atoms with Crippen molar-refractivity contribution in [3.63, 3.8) is 0 Å². The van der Waals surface area contributed by atoms with E-state index in [1.807, 2.05) is 0 Å². The van der Waals surface area contributed by atoms with Gasteiger partial charge in [0.1, 0.15) is 0 Å². The van der Waals surface area contributed by atoms with E-state index in [4.69, 9.17) is 17.2 Å². The molecule has 0 aromatic heterocycles. The summed E-state index contributed by atoms with van der Waals surface area (Å²) in [6.45, 7) is 2.21. The van der Waals surface area contributed by atoms with Crippen molar-refractivity contribution in [1.82, 2.24) is 0 Å². The third-order valence-electron chi connectivity index (χ3n) is 3.44. The van der Waals surface area contributed by atoms with Gasteiger partial charge in [-0.2, -0.15) is 0 Å². The van der Waals surface area contributed by atoms with Crippen molar-refractivity contribution in [2.24, 2.45) is 17.2 Å². The van der Waals surface area contributed by atoms with Gasteiger partial charge in [-0.25, -0.2) is 0 Å². The first-order valence-corrected chi connectivity index (χ1v) is 7.70. The predicted octanol–water partition coefficient (Wildman–Crippen LogP) is 0.154. The predicted molar refractivity (Wildman–Crippen MR) is 84.0 cm³/mol. The standard InChI is InChI=1S/C15H26N3Si/c16-9-1-4-12-7-8-15(19)14(6-3-11-18)13(12)5-2-10-17/h7-8H,1-6,9-11,16-18H2. The van der Waals surface area contributed by atoms with Crippen molar-refractivity contribution in [3.05, 3.63) is 28.8 Å². The van der Waals surface area contributed by atoms with Crippen molar-refractivity contribution in [3.8, 4) is 0 Å². The molecule has 1 rings (SSSR count). The maximum absolute atomic E-state index is 5.66. The average Bonchev–Trinajstić information content (AvgIpc) is 2.42. The Labute approximate surface area is 120 Å². The Hall–Kier alpha value is -0.683. The third kappa shape index (κ3) is 5.07. The molecular weight excluding hydrogens is 250 g/mol. The molecule has 3 nitrogen and oxygen atoms in total. The van der Waals surface area contributed by atoms with E-state index in [-0.39, 0.29) is 0 Å². The van der Waals surface area contributed by atoms with E-state index in [1.54, 1.807) is 0 Å². The highest BCUT2D eigenvalue weighted by Gasteiger charge is 2.10. The number of hydrogen-bond donors (Lipinski definition) is 3.